The predicted molar refractivity (Wildman–Crippen MR) is 129 cm³/mol. The molecule has 1 spiro atoms. The molecule has 0 atom stereocenters. The van der Waals surface area contributed by atoms with Crippen LogP contribution in [0, 0.1) is 5.41 Å². The van der Waals surface area contributed by atoms with Gasteiger partial charge in [-0.25, -0.2) is 4.79 Å². The molecule has 182 valence electrons. The lowest BCUT2D eigenvalue weighted by Gasteiger charge is -2.60. The predicted octanol–water partition coefficient (Wildman–Crippen LogP) is 4.35. The van der Waals surface area contributed by atoms with Crippen molar-refractivity contribution < 1.29 is 24.2 Å². The largest absolute Gasteiger partial charge is 0.481 e. The zero-order valence-corrected chi connectivity index (χ0v) is 19.6. The van der Waals surface area contributed by atoms with Crippen LogP contribution in [0.3, 0.4) is 0 Å². The molecule has 0 aromatic heterocycles. The highest BCUT2D eigenvalue weighted by molar-refractivity contribution is 5.92. The van der Waals surface area contributed by atoms with E-state index in [4.69, 9.17) is 4.74 Å². The van der Waals surface area contributed by atoms with Gasteiger partial charge in [0.1, 0.15) is 12.1 Å². The van der Waals surface area contributed by atoms with E-state index in [1.54, 1.807) is 0 Å². The summed E-state index contributed by atoms with van der Waals surface area (Å²) < 4.78 is 5.73. The normalized spacial score (nSPS) is 21.6. The lowest BCUT2D eigenvalue weighted by atomic mass is 9.48. The minimum absolute atomic E-state index is 0.0532. The van der Waals surface area contributed by atoms with Crippen LogP contribution >= 0.6 is 0 Å². The number of benzene rings is 2. The lowest BCUT2D eigenvalue weighted by Crippen LogP contribution is -2.71. The molecule has 2 amide bonds. The van der Waals surface area contributed by atoms with Gasteiger partial charge in [0.25, 0.3) is 0 Å². The number of carbonyl (C=O) groups excluding carboxylic acids is 2. The molecule has 2 aromatic carbocycles. The monoisotopic (exact) mass is 474 g/mol. The molecule has 0 unspecified atom stereocenters. The molecule has 0 radical (unpaired) electrons. The van der Waals surface area contributed by atoms with Crippen LogP contribution in [0.25, 0.3) is 11.1 Å². The molecule has 7 heteroatoms. The Hall–Kier alpha value is -3.35. The lowest BCUT2D eigenvalue weighted by molar-refractivity contribution is -0.146. The van der Waals surface area contributed by atoms with Crippen LogP contribution in [0.15, 0.2) is 48.5 Å². The Morgan fingerprint density at radius 3 is 2.00 bits per heavy atom. The number of carboxylic acids is 1. The first-order chi connectivity index (χ1) is 16.8. The summed E-state index contributed by atoms with van der Waals surface area (Å²) in [5.41, 5.74) is 3.00. The zero-order chi connectivity index (χ0) is 24.3. The summed E-state index contributed by atoms with van der Waals surface area (Å²) in [6, 6.07) is 16.3. The van der Waals surface area contributed by atoms with Crippen LogP contribution in [0.2, 0.25) is 0 Å². The van der Waals surface area contributed by atoms with Gasteiger partial charge in [0, 0.05) is 5.92 Å². The number of carboxylic acid groups (broad SMARTS) is 1. The average molecular weight is 475 g/mol. The van der Waals surface area contributed by atoms with Crippen molar-refractivity contribution in [3.63, 3.8) is 0 Å². The Kier molecular flexibility index (Phi) is 4.95. The van der Waals surface area contributed by atoms with Gasteiger partial charge in [-0.3, -0.25) is 9.59 Å². The first-order valence-corrected chi connectivity index (χ1v) is 12.5. The molecule has 35 heavy (non-hydrogen) atoms. The van der Waals surface area contributed by atoms with Crippen molar-refractivity contribution in [1.29, 1.82) is 0 Å². The number of amides is 2. The number of fused-ring (bicyclic) bond motifs is 3. The smallest absolute Gasteiger partial charge is 0.408 e. The van der Waals surface area contributed by atoms with E-state index in [0.29, 0.717) is 25.7 Å². The quantitative estimate of drug-likeness (QED) is 0.553. The van der Waals surface area contributed by atoms with E-state index in [1.165, 1.54) is 0 Å². The van der Waals surface area contributed by atoms with Crippen molar-refractivity contribution in [3.05, 3.63) is 59.7 Å². The summed E-state index contributed by atoms with van der Waals surface area (Å²) in [7, 11) is 0. The SMILES string of the molecule is O=C(O)CC1(NC(=O)C2(NC(=O)OCC3c4ccccc4-c4ccccc43)CC3(CCC3)C2)CC1. The van der Waals surface area contributed by atoms with Gasteiger partial charge in [0.2, 0.25) is 5.91 Å². The van der Waals surface area contributed by atoms with Gasteiger partial charge < -0.3 is 20.5 Å². The topological polar surface area (TPSA) is 105 Å². The summed E-state index contributed by atoms with van der Waals surface area (Å²) in [6.45, 7) is 0.186. The van der Waals surface area contributed by atoms with Crippen LogP contribution in [-0.2, 0) is 14.3 Å². The Morgan fingerprint density at radius 1 is 0.886 bits per heavy atom. The first kappa shape index (κ1) is 22.1. The zero-order valence-electron chi connectivity index (χ0n) is 19.6. The second-order valence-corrected chi connectivity index (χ2v) is 11.0. The second kappa shape index (κ2) is 7.83. The van der Waals surface area contributed by atoms with Crippen LogP contribution in [0.4, 0.5) is 4.79 Å². The molecule has 0 heterocycles. The van der Waals surface area contributed by atoms with E-state index < -0.39 is 23.1 Å². The number of alkyl carbamates (subject to hydrolysis) is 1. The number of carbonyl (C=O) groups is 3. The van der Waals surface area contributed by atoms with Crippen molar-refractivity contribution in [3.8, 4) is 11.1 Å². The summed E-state index contributed by atoms with van der Waals surface area (Å²) in [4.78, 5) is 37.6. The van der Waals surface area contributed by atoms with Crippen molar-refractivity contribution in [2.45, 2.75) is 68.4 Å². The number of hydrogen-bond donors (Lipinski definition) is 3. The van der Waals surface area contributed by atoms with Crippen LogP contribution in [-0.4, -0.2) is 40.8 Å². The maximum absolute atomic E-state index is 13.4. The minimum Gasteiger partial charge on any atom is -0.481 e. The third-order valence-electron chi connectivity index (χ3n) is 8.61. The van der Waals surface area contributed by atoms with Gasteiger partial charge >= 0.3 is 12.1 Å². The third kappa shape index (κ3) is 3.77. The van der Waals surface area contributed by atoms with E-state index in [0.717, 1.165) is 41.5 Å². The Morgan fingerprint density at radius 2 is 1.49 bits per heavy atom. The van der Waals surface area contributed by atoms with Gasteiger partial charge in [-0.05, 0) is 66.2 Å². The maximum atomic E-state index is 13.4. The molecule has 0 saturated heterocycles. The molecule has 0 bridgehead atoms. The fraction of sp³-hybridized carbons (Fsp3) is 0.464. The Balaban J connectivity index is 1.15. The first-order valence-electron chi connectivity index (χ1n) is 12.5. The van der Waals surface area contributed by atoms with Crippen LogP contribution < -0.4 is 10.6 Å². The summed E-state index contributed by atoms with van der Waals surface area (Å²) in [6.07, 6.45) is 5.05. The van der Waals surface area contributed by atoms with E-state index in [1.807, 2.05) is 24.3 Å². The summed E-state index contributed by atoms with van der Waals surface area (Å²) >= 11 is 0. The molecule has 3 saturated carbocycles. The fourth-order valence-electron chi connectivity index (χ4n) is 6.54. The van der Waals surface area contributed by atoms with E-state index in [-0.39, 0.29) is 30.3 Å². The molecular weight excluding hydrogens is 444 g/mol. The third-order valence-corrected chi connectivity index (χ3v) is 8.61. The van der Waals surface area contributed by atoms with Crippen molar-refractivity contribution >= 4 is 18.0 Å². The molecule has 6 rings (SSSR count). The molecule has 0 aliphatic heterocycles. The number of ether oxygens (including phenoxy) is 1. The fourth-order valence-corrected chi connectivity index (χ4v) is 6.54. The number of nitrogens with one attached hydrogen (secondary N) is 2. The molecule has 3 fully saturated rings. The second-order valence-electron chi connectivity index (χ2n) is 11.0. The average Bonchev–Trinajstić information content (AvgIpc) is 3.44. The Labute approximate surface area is 204 Å². The highest BCUT2D eigenvalue weighted by Crippen LogP contribution is 2.61. The van der Waals surface area contributed by atoms with Gasteiger partial charge in [-0.15, -0.1) is 0 Å². The van der Waals surface area contributed by atoms with E-state index >= 15 is 0 Å². The molecule has 4 aliphatic rings. The highest BCUT2D eigenvalue weighted by atomic mass is 16.5. The Bertz CT molecular complexity index is 1160. The molecule has 4 aliphatic carbocycles. The van der Waals surface area contributed by atoms with Crippen LogP contribution in [0.1, 0.15) is 68.4 Å². The summed E-state index contributed by atoms with van der Waals surface area (Å²) in [5.74, 6) is -1.25. The van der Waals surface area contributed by atoms with E-state index in [9.17, 15) is 19.5 Å². The van der Waals surface area contributed by atoms with Crippen molar-refractivity contribution in [2.24, 2.45) is 5.41 Å². The van der Waals surface area contributed by atoms with Gasteiger partial charge in [0.05, 0.1) is 12.0 Å². The van der Waals surface area contributed by atoms with Crippen molar-refractivity contribution in [1.82, 2.24) is 10.6 Å². The molecular formula is C28H30N2O5. The van der Waals surface area contributed by atoms with Crippen molar-refractivity contribution in [2.75, 3.05) is 6.61 Å². The summed E-state index contributed by atoms with van der Waals surface area (Å²) in [5, 5.41) is 15.1. The molecule has 3 N–H and O–H groups in total. The minimum atomic E-state index is -1.03. The molecule has 2 aromatic rings. The standard InChI is InChI=1S/C28H30N2O5/c31-23(32)14-27(12-13-27)29-24(33)28(16-26(17-28)10-5-11-26)30-25(34)35-15-22-20-8-3-1-6-18(20)19-7-2-4-9-21(19)22/h1-4,6-9,22H,5,10-17H2,(H,29,33)(H,30,34)(H,31,32). The maximum Gasteiger partial charge on any atom is 0.408 e. The van der Waals surface area contributed by atoms with Gasteiger partial charge in [-0.2, -0.15) is 0 Å². The molecule has 7 nitrogen and oxygen atoms in total. The number of aliphatic carboxylic acids is 1. The number of rotatable bonds is 7. The van der Waals surface area contributed by atoms with Gasteiger partial charge in [-0.1, -0.05) is 55.0 Å². The highest BCUT2D eigenvalue weighted by Gasteiger charge is 2.63. The number of hydrogen-bond acceptors (Lipinski definition) is 4. The van der Waals surface area contributed by atoms with Gasteiger partial charge in [0.15, 0.2) is 0 Å². The van der Waals surface area contributed by atoms with E-state index in [2.05, 4.69) is 34.9 Å². The van der Waals surface area contributed by atoms with Crippen LogP contribution in [0.5, 0.6) is 0 Å².